The van der Waals surface area contributed by atoms with E-state index in [1.54, 1.807) is 7.11 Å². The third-order valence-corrected chi connectivity index (χ3v) is 7.46. The van der Waals surface area contributed by atoms with Crippen LogP contribution in [0.2, 0.25) is 0 Å². The Morgan fingerprint density at radius 1 is 0.941 bits per heavy atom. The van der Waals surface area contributed by atoms with Crippen LogP contribution in [0.25, 0.3) is 33.7 Å². The monoisotopic (exact) mass is 455 g/mol. The molecule has 2 aromatic heterocycles. The van der Waals surface area contributed by atoms with Crippen LogP contribution in [0.1, 0.15) is 25.8 Å². The molecule has 6 heteroatoms. The molecule has 1 saturated heterocycles. The lowest BCUT2D eigenvalue weighted by molar-refractivity contribution is 0.0458. The molecule has 3 heterocycles. The number of hydrogen-bond donors (Lipinski definition) is 1. The fourth-order valence-corrected chi connectivity index (χ4v) is 4.96. The topological polar surface area (TPSA) is 57.3 Å². The Labute approximate surface area is 201 Å². The number of rotatable bonds is 6. The molecule has 2 aromatic carbocycles. The predicted molar refractivity (Wildman–Crippen MR) is 138 cm³/mol. The number of imidazole rings is 1. The van der Waals surface area contributed by atoms with Crippen LogP contribution in [0.4, 0.5) is 0 Å². The zero-order valence-electron chi connectivity index (χ0n) is 20.5. The molecule has 5 rings (SSSR count). The molecular weight excluding hydrogens is 422 g/mol. The van der Waals surface area contributed by atoms with Crippen molar-refractivity contribution in [1.82, 2.24) is 24.8 Å². The van der Waals surface area contributed by atoms with Gasteiger partial charge in [0.05, 0.1) is 12.6 Å². The molecule has 1 aliphatic rings. The summed E-state index contributed by atoms with van der Waals surface area (Å²) in [6.45, 7) is 9.11. The van der Waals surface area contributed by atoms with Gasteiger partial charge in [0.15, 0.2) is 5.65 Å². The number of benzene rings is 2. The Hall–Kier alpha value is -3.22. The van der Waals surface area contributed by atoms with E-state index < -0.39 is 0 Å². The van der Waals surface area contributed by atoms with Gasteiger partial charge in [-0.1, -0.05) is 43.3 Å². The van der Waals surface area contributed by atoms with Crippen LogP contribution in [-0.4, -0.2) is 65.1 Å². The van der Waals surface area contributed by atoms with Crippen molar-refractivity contribution >= 4 is 11.2 Å². The average Bonchev–Trinajstić information content (AvgIpc) is 3.33. The molecule has 1 atom stereocenters. The minimum absolute atomic E-state index is 0.0385. The summed E-state index contributed by atoms with van der Waals surface area (Å²) in [5.41, 5.74) is 6.32. The largest absolute Gasteiger partial charge is 0.497 e. The zero-order chi connectivity index (χ0) is 23.7. The maximum atomic E-state index is 5.30. The van der Waals surface area contributed by atoms with Crippen molar-refractivity contribution in [2.45, 2.75) is 25.8 Å². The third kappa shape index (κ3) is 4.08. The van der Waals surface area contributed by atoms with Crippen molar-refractivity contribution in [3.05, 3.63) is 66.4 Å². The number of pyridine rings is 1. The van der Waals surface area contributed by atoms with Gasteiger partial charge in [-0.2, -0.15) is 0 Å². The lowest BCUT2D eigenvalue weighted by Crippen LogP contribution is -2.53. The summed E-state index contributed by atoms with van der Waals surface area (Å²) in [4.78, 5) is 17.9. The molecule has 0 saturated carbocycles. The molecule has 1 N–H and O–H groups in total. The number of piperazine rings is 1. The van der Waals surface area contributed by atoms with E-state index in [2.05, 4.69) is 77.1 Å². The second-order valence-electron chi connectivity index (χ2n) is 9.37. The van der Waals surface area contributed by atoms with Crippen LogP contribution in [-0.2, 0) is 5.54 Å². The highest BCUT2D eigenvalue weighted by molar-refractivity contribution is 5.91. The molecule has 0 amide bonds. The number of fused-ring (bicyclic) bond motifs is 1. The van der Waals surface area contributed by atoms with Crippen molar-refractivity contribution in [3.63, 3.8) is 0 Å². The van der Waals surface area contributed by atoms with E-state index in [4.69, 9.17) is 9.72 Å². The van der Waals surface area contributed by atoms with E-state index in [0.29, 0.717) is 0 Å². The van der Waals surface area contributed by atoms with Crippen molar-refractivity contribution in [3.8, 4) is 28.3 Å². The van der Waals surface area contributed by atoms with Crippen LogP contribution in [0, 0.1) is 0 Å². The predicted octanol–water partition coefficient (Wildman–Crippen LogP) is 5.17. The van der Waals surface area contributed by atoms with Gasteiger partial charge in [-0.3, -0.25) is 4.90 Å². The Balaban J connectivity index is 1.45. The van der Waals surface area contributed by atoms with E-state index in [9.17, 15) is 0 Å². The normalized spacial score (nSPS) is 17.1. The highest BCUT2D eigenvalue weighted by Crippen LogP contribution is 2.34. The number of ether oxygens (including phenoxy) is 1. The smallest absolute Gasteiger partial charge is 0.178 e. The molecule has 34 heavy (non-hydrogen) atoms. The van der Waals surface area contributed by atoms with E-state index in [1.807, 2.05) is 24.4 Å². The minimum atomic E-state index is 0.0385. The lowest BCUT2D eigenvalue weighted by Gasteiger charge is -2.45. The first-order chi connectivity index (χ1) is 16.5. The number of hydrogen-bond acceptors (Lipinski definition) is 5. The number of H-pyrrole nitrogens is 1. The number of nitrogens with one attached hydrogen (secondary N) is 1. The van der Waals surface area contributed by atoms with Gasteiger partial charge in [0.25, 0.3) is 0 Å². The van der Waals surface area contributed by atoms with E-state index in [1.165, 1.54) is 5.56 Å². The molecule has 1 unspecified atom stereocenters. The molecule has 0 radical (unpaired) electrons. The van der Waals surface area contributed by atoms with Gasteiger partial charge < -0.3 is 14.6 Å². The molecular formula is C28H33N5O. The van der Waals surface area contributed by atoms with Gasteiger partial charge in [-0.05, 0) is 49.7 Å². The molecule has 6 nitrogen and oxygen atoms in total. The van der Waals surface area contributed by atoms with Gasteiger partial charge in [-0.15, -0.1) is 0 Å². The Bertz CT molecular complexity index is 1260. The molecule has 176 valence electrons. The fraction of sp³-hybridized carbons (Fsp3) is 0.357. The van der Waals surface area contributed by atoms with Crippen LogP contribution in [0.15, 0.2) is 60.8 Å². The van der Waals surface area contributed by atoms with Gasteiger partial charge in [0.2, 0.25) is 0 Å². The first-order valence-electron chi connectivity index (χ1n) is 12.1. The van der Waals surface area contributed by atoms with Crippen molar-refractivity contribution in [1.29, 1.82) is 0 Å². The summed E-state index contributed by atoms with van der Waals surface area (Å²) in [6, 6.07) is 19.0. The summed E-state index contributed by atoms with van der Waals surface area (Å²) in [6.07, 6.45) is 2.90. The maximum Gasteiger partial charge on any atom is 0.178 e. The molecule has 0 bridgehead atoms. The van der Waals surface area contributed by atoms with Gasteiger partial charge >= 0.3 is 0 Å². The van der Waals surface area contributed by atoms with Crippen LogP contribution < -0.4 is 4.74 Å². The van der Waals surface area contributed by atoms with Crippen LogP contribution >= 0.6 is 0 Å². The lowest BCUT2D eigenvalue weighted by atomic mass is 9.86. The zero-order valence-corrected chi connectivity index (χ0v) is 20.5. The van der Waals surface area contributed by atoms with Gasteiger partial charge in [0, 0.05) is 49.0 Å². The second kappa shape index (κ2) is 9.20. The van der Waals surface area contributed by atoms with Crippen molar-refractivity contribution in [2.75, 3.05) is 40.3 Å². The van der Waals surface area contributed by atoms with E-state index in [-0.39, 0.29) is 5.54 Å². The summed E-state index contributed by atoms with van der Waals surface area (Å²) in [5, 5.41) is 0. The molecule has 1 aliphatic heterocycles. The van der Waals surface area contributed by atoms with Crippen LogP contribution in [0.3, 0.4) is 0 Å². The van der Waals surface area contributed by atoms with Gasteiger partial charge in [0.1, 0.15) is 11.6 Å². The number of aromatic amines is 1. The maximum absolute atomic E-state index is 5.30. The standard InChI is InChI=1S/C28H33N5O/c1-5-28(2,33-18-16-32(3)17-19-33)22-10-6-21(7-11-22)26-30-25-24(14-15-29-27(25)31-26)20-8-12-23(34-4)13-9-20/h6-15H,5,16-19H2,1-4H3,(H,29,30,31). The summed E-state index contributed by atoms with van der Waals surface area (Å²) >= 11 is 0. The summed E-state index contributed by atoms with van der Waals surface area (Å²) < 4.78 is 5.30. The Morgan fingerprint density at radius 2 is 1.62 bits per heavy atom. The highest BCUT2D eigenvalue weighted by Gasteiger charge is 2.33. The Kier molecular flexibility index (Phi) is 6.11. The first kappa shape index (κ1) is 22.6. The fourth-order valence-electron chi connectivity index (χ4n) is 4.96. The number of likely N-dealkylation sites (N-methyl/N-ethyl adjacent to an activating group) is 1. The average molecular weight is 456 g/mol. The number of aromatic nitrogens is 3. The van der Waals surface area contributed by atoms with E-state index in [0.717, 1.165) is 72.0 Å². The second-order valence-corrected chi connectivity index (χ2v) is 9.37. The number of methoxy groups -OCH3 is 1. The minimum Gasteiger partial charge on any atom is -0.497 e. The van der Waals surface area contributed by atoms with Gasteiger partial charge in [-0.25, -0.2) is 9.97 Å². The number of nitrogens with zero attached hydrogens (tertiary/aromatic N) is 4. The van der Waals surface area contributed by atoms with Crippen LogP contribution in [0.5, 0.6) is 5.75 Å². The summed E-state index contributed by atoms with van der Waals surface area (Å²) in [5.74, 6) is 1.68. The molecule has 0 aliphatic carbocycles. The van der Waals surface area contributed by atoms with Crippen molar-refractivity contribution < 1.29 is 4.74 Å². The molecule has 1 fully saturated rings. The Morgan fingerprint density at radius 3 is 2.26 bits per heavy atom. The van der Waals surface area contributed by atoms with Crippen molar-refractivity contribution in [2.24, 2.45) is 0 Å². The SMILES string of the molecule is CCC(C)(c1ccc(-c2nc3nccc(-c4ccc(OC)cc4)c3[nH]2)cc1)N1CCN(C)CC1. The quantitative estimate of drug-likeness (QED) is 0.435. The molecule has 4 aromatic rings. The van der Waals surface area contributed by atoms with E-state index >= 15 is 0 Å². The third-order valence-electron chi connectivity index (χ3n) is 7.46. The summed E-state index contributed by atoms with van der Waals surface area (Å²) in [7, 11) is 3.89. The molecule has 0 spiro atoms. The highest BCUT2D eigenvalue weighted by atomic mass is 16.5. The first-order valence-corrected chi connectivity index (χ1v) is 12.1.